The number of hydrogen-bond donors (Lipinski definition) is 2. The first-order chi connectivity index (χ1) is 5.13. The molecule has 0 spiro atoms. The second-order valence-corrected chi connectivity index (χ2v) is 2.34. The number of rotatable bonds is 5. The lowest BCUT2D eigenvalue weighted by molar-refractivity contribution is -0.157. The molecule has 0 saturated heterocycles. The summed E-state index contributed by atoms with van der Waals surface area (Å²) in [5.41, 5.74) is 0. The standard InChI is InChI=1S/C7H15NO3/c1-3-5-8(4-2)6(9)7(10)11/h6,9H,3-5H2,1-2H3,(H,10,11). The van der Waals surface area contributed by atoms with Crippen LogP contribution in [-0.2, 0) is 4.79 Å². The molecule has 0 aliphatic heterocycles. The fourth-order valence-corrected chi connectivity index (χ4v) is 0.897. The summed E-state index contributed by atoms with van der Waals surface area (Å²) < 4.78 is 0. The number of hydrogen-bond acceptors (Lipinski definition) is 3. The first-order valence-corrected chi connectivity index (χ1v) is 3.78. The van der Waals surface area contributed by atoms with Crippen molar-refractivity contribution in [3.8, 4) is 0 Å². The van der Waals surface area contributed by atoms with Crippen LogP contribution in [0.2, 0.25) is 0 Å². The van der Waals surface area contributed by atoms with Crippen LogP contribution in [0.4, 0.5) is 0 Å². The third-order valence-corrected chi connectivity index (χ3v) is 1.48. The number of aliphatic carboxylic acids is 1. The lowest BCUT2D eigenvalue weighted by atomic mass is 10.4. The highest BCUT2D eigenvalue weighted by molar-refractivity contribution is 5.71. The molecule has 0 radical (unpaired) electrons. The van der Waals surface area contributed by atoms with Gasteiger partial charge in [-0.3, -0.25) is 4.90 Å². The number of aliphatic hydroxyl groups excluding tert-OH is 1. The van der Waals surface area contributed by atoms with Crippen LogP contribution in [0.5, 0.6) is 0 Å². The summed E-state index contributed by atoms with van der Waals surface area (Å²) in [5, 5.41) is 17.5. The normalized spacial score (nSPS) is 13.5. The average molecular weight is 161 g/mol. The molecule has 0 amide bonds. The number of carboxylic acids is 1. The van der Waals surface area contributed by atoms with E-state index >= 15 is 0 Å². The van der Waals surface area contributed by atoms with Gasteiger partial charge in [-0.15, -0.1) is 0 Å². The van der Waals surface area contributed by atoms with Gasteiger partial charge in [-0.05, 0) is 13.0 Å². The number of carboxylic acid groups (broad SMARTS) is 1. The average Bonchev–Trinajstić information content (AvgIpc) is 1.98. The van der Waals surface area contributed by atoms with E-state index in [1.807, 2.05) is 13.8 Å². The maximum Gasteiger partial charge on any atom is 0.348 e. The Kier molecular flexibility index (Phi) is 4.81. The predicted octanol–water partition coefficient (Wildman–Crippen LogP) is 0.121. The van der Waals surface area contributed by atoms with Gasteiger partial charge >= 0.3 is 5.97 Å². The Bertz CT molecular complexity index is 127. The maximum absolute atomic E-state index is 10.3. The zero-order chi connectivity index (χ0) is 8.85. The molecule has 0 aromatic rings. The van der Waals surface area contributed by atoms with Crippen LogP contribution in [0.25, 0.3) is 0 Å². The minimum atomic E-state index is -1.35. The quantitative estimate of drug-likeness (QED) is 0.562. The molecule has 1 atom stereocenters. The molecule has 0 aliphatic rings. The van der Waals surface area contributed by atoms with Gasteiger partial charge in [-0.1, -0.05) is 13.8 Å². The van der Waals surface area contributed by atoms with Gasteiger partial charge in [0.25, 0.3) is 0 Å². The van der Waals surface area contributed by atoms with E-state index in [9.17, 15) is 4.79 Å². The molecular weight excluding hydrogens is 146 g/mol. The molecule has 0 aliphatic carbocycles. The Hall–Kier alpha value is -0.610. The summed E-state index contributed by atoms with van der Waals surface area (Å²) in [7, 11) is 0. The highest BCUT2D eigenvalue weighted by Gasteiger charge is 2.19. The predicted molar refractivity (Wildman–Crippen MR) is 41.2 cm³/mol. The van der Waals surface area contributed by atoms with Crippen molar-refractivity contribution >= 4 is 5.97 Å². The van der Waals surface area contributed by atoms with Crippen molar-refractivity contribution in [2.24, 2.45) is 0 Å². The van der Waals surface area contributed by atoms with Crippen LogP contribution in [-0.4, -0.2) is 40.4 Å². The van der Waals surface area contributed by atoms with Gasteiger partial charge in [0, 0.05) is 6.54 Å². The Morgan fingerprint density at radius 3 is 2.36 bits per heavy atom. The third-order valence-electron chi connectivity index (χ3n) is 1.48. The van der Waals surface area contributed by atoms with E-state index in [-0.39, 0.29) is 0 Å². The Balaban J connectivity index is 3.91. The number of nitrogens with zero attached hydrogens (tertiary/aromatic N) is 1. The fourth-order valence-electron chi connectivity index (χ4n) is 0.897. The van der Waals surface area contributed by atoms with Gasteiger partial charge in [0.1, 0.15) is 0 Å². The molecule has 66 valence electrons. The third kappa shape index (κ3) is 3.34. The molecule has 0 saturated carbocycles. The van der Waals surface area contributed by atoms with E-state index in [0.717, 1.165) is 6.42 Å². The van der Waals surface area contributed by atoms with Gasteiger partial charge in [-0.25, -0.2) is 4.79 Å². The molecule has 2 N–H and O–H groups in total. The van der Waals surface area contributed by atoms with Gasteiger partial charge < -0.3 is 10.2 Å². The highest BCUT2D eigenvalue weighted by Crippen LogP contribution is 1.97. The molecule has 0 aromatic heterocycles. The summed E-state index contributed by atoms with van der Waals surface area (Å²) in [5.74, 6) is -1.18. The van der Waals surface area contributed by atoms with Crippen molar-refractivity contribution in [1.29, 1.82) is 0 Å². The van der Waals surface area contributed by atoms with Crippen molar-refractivity contribution in [1.82, 2.24) is 4.90 Å². The van der Waals surface area contributed by atoms with E-state index < -0.39 is 12.2 Å². The van der Waals surface area contributed by atoms with Crippen molar-refractivity contribution in [2.75, 3.05) is 13.1 Å². The van der Waals surface area contributed by atoms with Crippen molar-refractivity contribution < 1.29 is 15.0 Å². The molecule has 4 heteroatoms. The second-order valence-electron chi connectivity index (χ2n) is 2.34. The summed E-state index contributed by atoms with van der Waals surface area (Å²) in [6, 6.07) is 0. The molecule has 0 heterocycles. The number of aliphatic hydroxyl groups is 1. The van der Waals surface area contributed by atoms with E-state index in [2.05, 4.69) is 0 Å². The van der Waals surface area contributed by atoms with Crippen LogP contribution in [0.3, 0.4) is 0 Å². The molecular formula is C7H15NO3. The largest absolute Gasteiger partial charge is 0.478 e. The van der Waals surface area contributed by atoms with E-state index in [1.54, 1.807) is 0 Å². The number of likely N-dealkylation sites (N-methyl/N-ethyl adjacent to an activating group) is 1. The minimum Gasteiger partial charge on any atom is -0.478 e. The molecule has 11 heavy (non-hydrogen) atoms. The Morgan fingerprint density at radius 1 is 1.55 bits per heavy atom. The summed E-state index contributed by atoms with van der Waals surface area (Å²) in [4.78, 5) is 11.8. The molecule has 0 bridgehead atoms. The monoisotopic (exact) mass is 161 g/mol. The van der Waals surface area contributed by atoms with Crippen LogP contribution in [0.15, 0.2) is 0 Å². The van der Waals surface area contributed by atoms with E-state index in [0.29, 0.717) is 13.1 Å². The van der Waals surface area contributed by atoms with Crippen molar-refractivity contribution in [3.05, 3.63) is 0 Å². The molecule has 0 rings (SSSR count). The van der Waals surface area contributed by atoms with Crippen LogP contribution in [0, 0.1) is 0 Å². The Labute approximate surface area is 66.4 Å². The van der Waals surface area contributed by atoms with Gasteiger partial charge in [0.15, 0.2) is 0 Å². The van der Waals surface area contributed by atoms with Crippen molar-refractivity contribution in [2.45, 2.75) is 26.5 Å². The lowest BCUT2D eigenvalue weighted by Gasteiger charge is -2.22. The van der Waals surface area contributed by atoms with E-state index in [4.69, 9.17) is 10.2 Å². The second kappa shape index (κ2) is 5.09. The lowest BCUT2D eigenvalue weighted by Crippen LogP contribution is -2.41. The van der Waals surface area contributed by atoms with Crippen LogP contribution >= 0.6 is 0 Å². The first kappa shape index (κ1) is 10.4. The number of carbonyl (C=O) groups is 1. The zero-order valence-corrected chi connectivity index (χ0v) is 6.95. The molecule has 4 nitrogen and oxygen atoms in total. The van der Waals surface area contributed by atoms with Crippen molar-refractivity contribution in [3.63, 3.8) is 0 Å². The molecule has 0 aromatic carbocycles. The summed E-state index contributed by atoms with van der Waals surface area (Å²) in [6.45, 7) is 4.93. The molecule has 0 fully saturated rings. The van der Waals surface area contributed by atoms with Crippen LogP contribution in [0.1, 0.15) is 20.3 Å². The van der Waals surface area contributed by atoms with Gasteiger partial charge in [0.05, 0.1) is 0 Å². The fraction of sp³-hybridized carbons (Fsp3) is 0.857. The van der Waals surface area contributed by atoms with E-state index in [1.165, 1.54) is 4.90 Å². The first-order valence-electron chi connectivity index (χ1n) is 3.78. The molecule has 1 unspecified atom stereocenters. The SMILES string of the molecule is CCCN(CC)C(O)C(=O)O. The maximum atomic E-state index is 10.3. The Morgan fingerprint density at radius 2 is 2.09 bits per heavy atom. The van der Waals surface area contributed by atoms with Gasteiger partial charge in [0.2, 0.25) is 6.23 Å². The highest BCUT2D eigenvalue weighted by atomic mass is 16.4. The van der Waals surface area contributed by atoms with Gasteiger partial charge in [-0.2, -0.15) is 0 Å². The zero-order valence-electron chi connectivity index (χ0n) is 6.95. The summed E-state index contributed by atoms with van der Waals surface area (Å²) in [6.07, 6.45) is -0.502. The topological polar surface area (TPSA) is 60.8 Å². The summed E-state index contributed by atoms with van der Waals surface area (Å²) >= 11 is 0. The minimum absolute atomic E-state index is 0.557. The smallest absolute Gasteiger partial charge is 0.348 e. The van der Waals surface area contributed by atoms with Crippen LogP contribution < -0.4 is 0 Å².